The van der Waals surface area contributed by atoms with Crippen molar-refractivity contribution < 1.29 is 0 Å². The molecule has 5 heteroatoms. The van der Waals surface area contributed by atoms with E-state index in [2.05, 4.69) is 10.4 Å². The molecule has 0 aliphatic carbocycles. The lowest BCUT2D eigenvalue weighted by Gasteiger charge is -2.10. The maximum absolute atomic E-state index is 5.61. The largest absolute Gasteiger partial charge is 0.389 e. The molecule has 4 nitrogen and oxygen atoms in total. The normalized spacial score (nSPS) is 10.4. The number of anilines is 2. The first-order valence-corrected chi connectivity index (χ1v) is 6.06. The second-order valence-corrected chi connectivity index (χ2v) is 4.75. The second kappa shape index (κ2) is 4.78. The van der Waals surface area contributed by atoms with Crippen LogP contribution in [-0.4, -0.2) is 14.8 Å². The molecule has 0 radical (unpaired) electrons. The lowest BCUT2D eigenvalue weighted by Crippen LogP contribution is -2.10. The topological polar surface area (TPSA) is 55.9 Å². The average Bonchev–Trinajstić information content (AvgIpc) is 2.60. The molecule has 0 saturated heterocycles. The van der Waals surface area contributed by atoms with E-state index >= 15 is 0 Å². The zero-order valence-corrected chi connectivity index (χ0v) is 11.5. The van der Waals surface area contributed by atoms with E-state index in [1.165, 1.54) is 0 Å². The highest BCUT2D eigenvalue weighted by molar-refractivity contribution is 7.80. The van der Waals surface area contributed by atoms with Crippen LogP contribution >= 0.6 is 12.2 Å². The molecule has 0 saturated carbocycles. The number of aryl methyl sites for hydroxylation is 3. The summed E-state index contributed by atoms with van der Waals surface area (Å²) in [4.78, 5) is 0.418. The molecule has 1 aromatic heterocycles. The molecule has 0 atom stereocenters. The SMILES string of the molecule is Cc1cc(Nc2ccc(C(N)=S)cc2C)n(C)n1. The van der Waals surface area contributed by atoms with Gasteiger partial charge in [0.05, 0.1) is 5.69 Å². The van der Waals surface area contributed by atoms with Crippen LogP contribution in [0.3, 0.4) is 0 Å². The average molecular weight is 260 g/mol. The smallest absolute Gasteiger partial charge is 0.128 e. The van der Waals surface area contributed by atoms with Crippen LogP contribution in [0.1, 0.15) is 16.8 Å². The predicted octanol–water partition coefficient (Wildman–Crippen LogP) is 2.41. The van der Waals surface area contributed by atoms with Crippen molar-refractivity contribution in [1.29, 1.82) is 0 Å². The zero-order chi connectivity index (χ0) is 13.3. The van der Waals surface area contributed by atoms with Crippen LogP contribution in [0.15, 0.2) is 24.3 Å². The lowest BCUT2D eigenvalue weighted by molar-refractivity contribution is 0.765. The van der Waals surface area contributed by atoms with Crippen LogP contribution in [-0.2, 0) is 7.05 Å². The first-order valence-electron chi connectivity index (χ1n) is 5.65. The highest BCUT2D eigenvalue weighted by atomic mass is 32.1. The van der Waals surface area contributed by atoms with Crippen LogP contribution < -0.4 is 11.1 Å². The molecule has 0 unspecified atom stereocenters. The Morgan fingerprint density at radius 1 is 1.33 bits per heavy atom. The van der Waals surface area contributed by atoms with E-state index in [1.54, 1.807) is 0 Å². The van der Waals surface area contributed by atoms with Gasteiger partial charge in [0.25, 0.3) is 0 Å². The predicted molar refractivity (Wildman–Crippen MR) is 78.3 cm³/mol. The number of hydrogen-bond acceptors (Lipinski definition) is 3. The molecule has 0 fully saturated rings. The molecular formula is C13H16N4S. The fraction of sp³-hybridized carbons (Fsp3) is 0.231. The summed E-state index contributed by atoms with van der Waals surface area (Å²) >= 11 is 4.96. The zero-order valence-electron chi connectivity index (χ0n) is 10.7. The molecule has 94 valence electrons. The van der Waals surface area contributed by atoms with Crippen molar-refractivity contribution in [2.75, 3.05) is 5.32 Å². The van der Waals surface area contributed by atoms with Gasteiger partial charge in [0, 0.05) is 24.4 Å². The Hall–Kier alpha value is -1.88. The Morgan fingerprint density at radius 2 is 2.06 bits per heavy atom. The van der Waals surface area contributed by atoms with Gasteiger partial charge in [0.2, 0.25) is 0 Å². The Kier molecular flexibility index (Phi) is 3.34. The number of nitrogens with two attached hydrogens (primary N) is 1. The fourth-order valence-corrected chi connectivity index (χ4v) is 1.95. The molecule has 2 aromatic rings. The molecule has 18 heavy (non-hydrogen) atoms. The van der Waals surface area contributed by atoms with Gasteiger partial charge in [0.15, 0.2) is 0 Å². The molecule has 3 N–H and O–H groups in total. The number of nitrogens with one attached hydrogen (secondary N) is 1. The summed E-state index contributed by atoms with van der Waals surface area (Å²) in [5, 5.41) is 7.64. The Bertz CT molecular complexity index is 601. The van der Waals surface area contributed by atoms with E-state index in [0.29, 0.717) is 4.99 Å². The third kappa shape index (κ3) is 2.51. The Balaban J connectivity index is 2.30. The van der Waals surface area contributed by atoms with Crippen LogP contribution in [0.2, 0.25) is 0 Å². The minimum Gasteiger partial charge on any atom is -0.389 e. The van der Waals surface area contributed by atoms with E-state index in [1.807, 2.05) is 49.8 Å². The van der Waals surface area contributed by atoms with Crippen LogP contribution in [0.25, 0.3) is 0 Å². The van der Waals surface area contributed by atoms with Gasteiger partial charge in [-0.1, -0.05) is 12.2 Å². The van der Waals surface area contributed by atoms with Crippen molar-refractivity contribution in [3.63, 3.8) is 0 Å². The number of nitrogens with zero attached hydrogens (tertiary/aromatic N) is 2. The maximum atomic E-state index is 5.61. The van der Waals surface area contributed by atoms with Crippen molar-refractivity contribution in [2.45, 2.75) is 13.8 Å². The lowest BCUT2D eigenvalue weighted by atomic mass is 10.1. The van der Waals surface area contributed by atoms with Gasteiger partial charge < -0.3 is 11.1 Å². The summed E-state index contributed by atoms with van der Waals surface area (Å²) in [6.07, 6.45) is 0. The summed E-state index contributed by atoms with van der Waals surface area (Å²) in [6, 6.07) is 7.88. The molecule has 2 rings (SSSR count). The van der Waals surface area contributed by atoms with E-state index in [9.17, 15) is 0 Å². The third-order valence-electron chi connectivity index (χ3n) is 2.78. The number of thiocarbonyl (C=S) groups is 1. The summed E-state index contributed by atoms with van der Waals surface area (Å²) < 4.78 is 1.82. The van der Waals surface area contributed by atoms with Crippen LogP contribution in [0.5, 0.6) is 0 Å². The quantitative estimate of drug-likeness (QED) is 0.832. The summed E-state index contributed by atoms with van der Waals surface area (Å²) in [5.41, 5.74) is 9.60. The van der Waals surface area contributed by atoms with Gasteiger partial charge >= 0.3 is 0 Å². The highest BCUT2D eigenvalue weighted by Crippen LogP contribution is 2.21. The van der Waals surface area contributed by atoms with Gasteiger partial charge in [-0.25, -0.2) is 0 Å². The maximum Gasteiger partial charge on any atom is 0.128 e. The highest BCUT2D eigenvalue weighted by Gasteiger charge is 2.05. The van der Waals surface area contributed by atoms with E-state index in [4.69, 9.17) is 18.0 Å². The molecule has 0 spiro atoms. The number of rotatable bonds is 3. The van der Waals surface area contributed by atoms with Gasteiger partial charge in [-0.2, -0.15) is 5.10 Å². The molecular weight excluding hydrogens is 244 g/mol. The first kappa shape index (κ1) is 12.6. The van der Waals surface area contributed by atoms with Crippen molar-refractivity contribution in [2.24, 2.45) is 12.8 Å². The fourth-order valence-electron chi connectivity index (χ4n) is 1.82. The van der Waals surface area contributed by atoms with Gasteiger partial charge in [-0.15, -0.1) is 0 Å². The van der Waals surface area contributed by atoms with Crippen molar-refractivity contribution in [3.8, 4) is 0 Å². The number of hydrogen-bond donors (Lipinski definition) is 2. The first-order chi connectivity index (χ1) is 8.47. The summed E-state index contributed by atoms with van der Waals surface area (Å²) in [5.74, 6) is 0.957. The molecule has 0 aliphatic heterocycles. The second-order valence-electron chi connectivity index (χ2n) is 4.31. The number of benzene rings is 1. The summed E-state index contributed by atoms with van der Waals surface area (Å²) in [6.45, 7) is 3.99. The van der Waals surface area contributed by atoms with Gasteiger partial charge in [-0.05, 0) is 37.6 Å². The monoisotopic (exact) mass is 260 g/mol. The Labute approximate surface area is 112 Å². The van der Waals surface area contributed by atoms with E-state index < -0.39 is 0 Å². The van der Waals surface area contributed by atoms with Crippen LogP contribution in [0.4, 0.5) is 11.5 Å². The van der Waals surface area contributed by atoms with Gasteiger partial charge in [-0.3, -0.25) is 4.68 Å². The standard InChI is InChI=1S/C13H16N4S/c1-8-6-10(13(14)18)4-5-11(8)15-12-7-9(2)16-17(12)3/h4-7,15H,1-3H3,(H2,14,18). The molecule has 0 amide bonds. The van der Waals surface area contributed by atoms with E-state index in [0.717, 1.165) is 28.3 Å². The third-order valence-corrected chi connectivity index (χ3v) is 3.01. The minimum absolute atomic E-state index is 0.418. The number of aromatic nitrogens is 2. The molecule has 0 bridgehead atoms. The van der Waals surface area contributed by atoms with Crippen molar-refractivity contribution in [1.82, 2.24) is 9.78 Å². The van der Waals surface area contributed by atoms with Crippen LogP contribution in [0, 0.1) is 13.8 Å². The van der Waals surface area contributed by atoms with Crippen molar-refractivity contribution in [3.05, 3.63) is 41.1 Å². The molecule has 1 aromatic carbocycles. The Morgan fingerprint density at radius 3 is 2.56 bits per heavy atom. The van der Waals surface area contributed by atoms with E-state index in [-0.39, 0.29) is 0 Å². The minimum atomic E-state index is 0.418. The molecule has 0 aliphatic rings. The molecule has 1 heterocycles. The van der Waals surface area contributed by atoms with Gasteiger partial charge in [0.1, 0.15) is 10.8 Å². The summed E-state index contributed by atoms with van der Waals surface area (Å²) in [7, 11) is 1.91. The van der Waals surface area contributed by atoms with Crippen molar-refractivity contribution >= 4 is 28.7 Å².